The minimum Gasteiger partial charge on any atom is -0.313 e. The topological polar surface area (TPSA) is 15.3 Å². The SMILES string of the molecule is CCNC(CN1CCC[C@H]2CCCC[C@H]21)C(C)CC. The van der Waals surface area contributed by atoms with Gasteiger partial charge in [-0.05, 0) is 50.6 Å². The highest BCUT2D eigenvalue weighted by molar-refractivity contribution is 4.89. The van der Waals surface area contributed by atoms with Crippen LogP contribution in [0.25, 0.3) is 0 Å². The third-order valence-corrected chi connectivity index (χ3v) is 5.59. The Bertz CT molecular complexity index is 252. The second-order valence-electron chi connectivity index (χ2n) is 6.80. The summed E-state index contributed by atoms with van der Waals surface area (Å²) in [4.78, 5) is 2.84. The third-order valence-electron chi connectivity index (χ3n) is 5.59. The molecule has 0 aromatic rings. The molecule has 1 saturated carbocycles. The molecule has 19 heavy (non-hydrogen) atoms. The molecule has 2 aliphatic rings. The predicted molar refractivity (Wildman–Crippen MR) is 83.5 cm³/mol. The number of rotatable bonds is 6. The van der Waals surface area contributed by atoms with Crippen LogP contribution in [0.1, 0.15) is 65.7 Å². The first-order valence-electron chi connectivity index (χ1n) is 8.73. The van der Waals surface area contributed by atoms with Crippen molar-refractivity contribution in [2.24, 2.45) is 11.8 Å². The van der Waals surface area contributed by atoms with Crippen molar-refractivity contribution in [1.82, 2.24) is 10.2 Å². The lowest BCUT2D eigenvalue weighted by atomic mass is 9.78. The number of nitrogens with one attached hydrogen (secondary N) is 1. The number of hydrogen-bond donors (Lipinski definition) is 1. The minimum absolute atomic E-state index is 0.690. The van der Waals surface area contributed by atoms with Crippen LogP contribution in [0.3, 0.4) is 0 Å². The Balaban J connectivity index is 1.94. The summed E-state index contributed by atoms with van der Waals surface area (Å²) in [6.07, 6.45) is 10.1. The van der Waals surface area contributed by atoms with Gasteiger partial charge >= 0.3 is 0 Å². The maximum absolute atomic E-state index is 3.73. The molecule has 2 unspecified atom stereocenters. The van der Waals surface area contributed by atoms with Crippen LogP contribution in [0.2, 0.25) is 0 Å². The van der Waals surface area contributed by atoms with Gasteiger partial charge < -0.3 is 5.32 Å². The van der Waals surface area contributed by atoms with Gasteiger partial charge in [0.05, 0.1) is 0 Å². The van der Waals surface area contributed by atoms with E-state index in [1.165, 1.54) is 58.0 Å². The molecule has 0 spiro atoms. The number of likely N-dealkylation sites (N-methyl/N-ethyl adjacent to an activating group) is 1. The standard InChI is InChI=1S/C17H34N2/c1-4-14(3)16(18-5-2)13-19-12-8-10-15-9-6-7-11-17(15)19/h14-18H,4-13H2,1-3H3/t14?,15-,16?,17-/m1/s1. The van der Waals surface area contributed by atoms with Crippen molar-refractivity contribution in [2.45, 2.75) is 77.8 Å². The Labute approximate surface area is 120 Å². The molecule has 2 nitrogen and oxygen atoms in total. The second-order valence-corrected chi connectivity index (χ2v) is 6.80. The van der Waals surface area contributed by atoms with Crippen molar-refractivity contribution in [3.05, 3.63) is 0 Å². The Morgan fingerprint density at radius 2 is 1.84 bits per heavy atom. The molecule has 1 saturated heterocycles. The van der Waals surface area contributed by atoms with Gasteiger partial charge in [0.1, 0.15) is 0 Å². The zero-order valence-corrected chi connectivity index (χ0v) is 13.3. The van der Waals surface area contributed by atoms with Crippen LogP contribution in [0.15, 0.2) is 0 Å². The lowest BCUT2D eigenvalue weighted by molar-refractivity contribution is 0.0474. The number of nitrogens with zero attached hydrogens (tertiary/aromatic N) is 1. The van der Waals surface area contributed by atoms with Crippen molar-refractivity contribution in [2.75, 3.05) is 19.6 Å². The van der Waals surface area contributed by atoms with E-state index in [1.54, 1.807) is 0 Å². The summed E-state index contributed by atoms with van der Waals surface area (Å²) in [6, 6.07) is 1.60. The fraction of sp³-hybridized carbons (Fsp3) is 1.00. The molecule has 0 aromatic carbocycles. The van der Waals surface area contributed by atoms with Gasteiger partial charge in [-0.2, -0.15) is 0 Å². The van der Waals surface area contributed by atoms with E-state index in [-0.39, 0.29) is 0 Å². The quantitative estimate of drug-likeness (QED) is 0.789. The fourth-order valence-corrected chi connectivity index (χ4v) is 4.20. The molecule has 4 atom stereocenters. The highest BCUT2D eigenvalue weighted by Gasteiger charge is 2.34. The zero-order valence-electron chi connectivity index (χ0n) is 13.3. The van der Waals surface area contributed by atoms with Crippen LogP contribution < -0.4 is 5.32 Å². The Morgan fingerprint density at radius 3 is 2.58 bits per heavy atom. The molecular formula is C17H34N2. The van der Waals surface area contributed by atoms with Gasteiger partial charge in [0.25, 0.3) is 0 Å². The Morgan fingerprint density at radius 1 is 1.11 bits per heavy atom. The van der Waals surface area contributed by atoms with Crippen molar-refractivity contribution >= 4 is 0 Å². The molecule has 1 heterocycles. The number of fused-ring (bicyclic) bond motifs is 1. The highest BCUT2D eigenvalue weighted by Crippen LogP contribution is 2.35. The number of hydrogen-bond acceptors (Lipinski definition) is 2. The van der Waals surface area contributed by atoms with Crippen LogP contribution in [0.4, 0.5) is 0 Å². The first kappa shape index (κ1) is 15.3. The van der Waals surface area contributed by atoms with Crippen molar-refractivity contribution < 1.29 is 0 Å². The maximum Gasteiger partial charge on any atom is 0.0220 e. The van der Waals surface area contributed by atoms with Crippen LogP contribution in [-0.2, 0) is 0 Å². The molecule has 2 heteroatoms. The van der Waals surface area contributed by atoms with E-state index >= 15 is 0 Å². The second kappa shape index (κ2) is 7.64. The molecule has 2 fully saturated rings. The molecule has 1 aliphatic carbocycles. The molecular weight excluding hydrogens is 232 g/mol. The summed E-state index contributed by atoms with van der Waals surface area (Å²) in [7, 11) is 0. The van der Waals surface area contributed by atoms with Crippen LogP contribution in [-0.4, -0.2) is 36.6 Å². The fourth-order valence-electron chi connectivity index (χ4n) is 4.20. The molecule has 0 bridgehead atoms. The summed E-state index contributed by atoms with van der Waals surface area (Å²) < 4.78 is 0. The van der Waals surface area contributed by atoms with Gasteiger partial charge in [-0.25, -0.2) is 0 Å². The van der Waals surface area contributed by atoms with Crippen LogP contribution in [0.5, 0.6) is 0 Å². The van der Waals surface area contributed by atoms with Gasteiger partial charge in [0, 0.05) is 18.6 Å². The minimum atomic E-state index is 0.690. The normalized spacial score (nSPS) is 31.7. The van der Waals surface area contributed by atoms with Gasteiger partial charge in [0.2, 0.25) is 0 Å². The van der Waals surface area contributed by atoms with Gasteiger partial charge in [-0.15, -0.1) is 0 Å². The summed E-state index contributed by atoms with van der Waals surface area (Å²) >= 11 is 0. The molecule has 0 amide bonds. The first-order valence-corrected chi connectivity index (χ1v) is 8.73. The average molecular weight is 266 g/mol. The van der Waals surface area contributed by atoms with Gasteiger partial charge in [-0.1, -0.05) is 40.0 Å². The monoisotopic (exact) mass is 266 g/mol. The highest BCUT2D eigenvalue weighted by atomic mass is 15.2. The molecule has 1 aliphatic heterocycles. The van der Waals surface area contributed by atoms with E-state index in [4.69, 9.17) is 0 Å². The summed E-state index contributed by atoms with van der Waals surface area (Å²) in [5, 5.41) is 3.73. The lowest BCUT2D eigenvalue weighted by Crippen LogP contribution is -2.53. The van der Waals surface area contributed by atoms with Crippen molar-refractivity contribution in [1.29, 1.82) is 0 Å². The lowest BCUT2D eigenvalue weighted by Gasteiger charge is -2.46. The third kappa shape index (κ3) is 3.95. The summed E-state index contributed by atoms with van der Waals surface area (Å²) in [6.45, 7) is 10.7. The van der Waals surface area contributed by atoms with Crippen molar-refractivity contribution in [3.63, 3.8) is 0 Å². The van der Waals surface area contributed by atoms with Gasteiger partial charge in [0.15, 0.2) is 0 Å². The van der Waals surface area contributed by atoms with Gasteiger partial charge in [-0.3, -0.25) is 4.90 Å². The van der Waals surface area contributed by atoms with E-state index in [9.17, 15) is 0 Å². The van der Waals surface area contributed by atoms with Crippen LogP contribution in [0, 0.1) is 11.8 Å². The molecule has 112 valence electrons. The van der Waals surface area contributed by atoms with E-state index < -0.39 is 0 Å². The average Bonchev–Trinajstić information content (AvgIpc) is 2.46. The molecule has 0 radical (unpaired) electrons. The first-order chi connectivity index (χ1) is 9.26. The predicted octanol–water partition coefficient (Wildman–Crippen LogP) is 3.67. The summed E-state index contributed by atoms with van der Waals surface area (Å²) in [5.41, 5.74) is 0. The van der Waals surface area contributed by atoms with E-state index in [2.05, 4.69) is 31.0 Å². The van der Waals surface area contributed by atoms with E-state index in [0.717, 1.165) is 24.4 Å². The molecule has 1 N–H and O–H groups in total. The summed E-state index contributed by atoms with van der Waals surface area (Å²) in [5.74, 6) is 1.81. The van der Waals surface area contributed by atoms with Crippen molar-refractivity contribution in [3.8, 4) is 0 Å². The molecule has 2 rings (SSSR count). The van der Waals surface area contributed by atoms with Crippen LogP contribution >= 0.6 is 0 Å². The number of piperidine rings is 1. The smallest absolute Gasteiger partial charge is 0.0220 e. The van der Waals surface area contributed by atoms with E-state index in [1.807, 2.05) is 0 Å². The maximum atomic E-state index is 3.73. The number of likely N-dealkylation sites (tertiary alicyclic amines) is 1. The Kier molecular flexibility index (Phi) is 6.15. The zero-order chi connectivity index (χ0) is 13.7. The van der Waals surface area contributed by atoms with E-state index in [0.29, 0.717) is 6.04 Å². The largest absolute Gasteiger partial charge is 0.313 e. The molecule has 0 aromatic heterocycles. The Hall–Kier alpha value is -0.0800.